The van der Waals surface area contributed by atoms with Gasteiger partial charge in [-0.2, -0.15) is 5.26 Å². The number of nitriles is 1. The van der Waals surface area contributed by atoms with E-state index in [1.165, 1.54) is 16.9 Å². The van der Waals surface area contributed by atoms with Crippen molar-refractivity contribution in [2.75, 3.05) is 5.32 Å². The highest BCUT2D eigenvalue weighted by molar-refractivity contribution is 7.11. The number of hydrogen-bond acceptors (Lipinski definition) is 4. The van der Waals surface area contributed by atoms with Crippen molar-refractivity contribution in [3.8, 4) is 17.3 Å². The number of thiazole rings is 1. The maximum atomic E-state index is 9.48. The van der Waals surface area contributed by atoms with Crippen LogP contribution in [-0.4, -0.2) is 4.98 Å². The van der Waals surface area contributed by atoms with Crippen molar-refractivity contribution in [1.82, 2.24) is 4.98 Å². The molecule has 0 fully saturated rings. The lowest BCUT2D eigenvalue weighted by molar-refractivity contribution is 1.14. The summed E-state index contributed by atoms with van der Waals surface area (Å²) in [5, 5.41) is 15.4. The maximum Gasteiger partial charge on any atom is 0.136 e. The van der Waals surface area contributed by atoms with Crippen LogP contribution in [0.25, 0.3) is 16.8 Å². The SMILES string of the molecule is CCc1ccc(-c2csc(/C(C#N)=C\Nc3ccccc3C)n2)cc1. The number of anilines is 1. The summed E-state index contributed by atoms with van der Waals surface area (Å²) in [6.07, 6.45) is 2.75. The van der Waals surface area contributed by atoms with Gasteiger partial charge < -0.3 is 5.32 Å². The van der Waals surface area contributed by atoms with Crippen LogP contribution in [0.3, 0.4) is 0 Å². The molecule has 1 N–H and O–H groups in total. The predicted octanol–water partition coefficient (Wildman–Crippen LogP) is 5.66. The van der Waals surface area contributed by atoms with Gasteiger partial charge >= 0.3 is 0 Å². The van der Waals surface area contributed by atoms with E-state index in [1.807, 2.05) is 36.6 Å². The molecule has 0 aliphatic carbocycles. The number of rotatable bonds is 5. The Morgan fingerprint density at radius 2 is 1.96 bits per heavy atom. The first-order valence-electron chi connectivity index (χ1n) is 8.19. The molecule has 4 heteroatoms. The van der Waals surface area contributed by atoms with E-state index in [1.54, 1.807) is 6.20 Å². The number of aromatic nitrogens is 1. The molecule has 2 aromatic carbocycles. The van der Waals surface area contributed by atoms with E-state index in [-0.39, 0.29) is 0 Å². The summed E-state index contributed by atoms with van der Waals surface area (Å²) in [6, 6.07) is 18.6. The first kappa shape index (κ1) is 16.9. The molecule has 0 aliphatic heterocycles. The average Bonchev–Trinajstić information content (AvgIpc) is 3.14. The summed E-state index contributed by atoms with van der Waals surface area (Å²) in [7, 11) is 0. The smallest absolute Gasteiger partial charge is 0.136 e. The zero-order valence-corrected chi connectivity index (χ0v) is 15.1. The standard InChI is InChI=1S/C21H19N3S/c1-3-16-8-10-17(11-9-16)20-14-25-21(24-20)18(12-22)13-23-19-7-5-4-6-15(19)2/h4-11,13-14,23H,3H2,1-2H3/b18-13-. The third-order valence-corrected chi connectivity index (χ3v) is 4.91. The maximum absolute atomic E-state index is 9.48. The highest BCUT2D eigenvalue weighted by Gasteiger charge is 2.09. The van der Waals surface area contributed by atoms with E-state index in [0.717, 1.165) is 33.9 Å². The van der Waals surface area contributed by atoms with Gasteiger partial charge in [-0.25, -0.2) is 4.98 Å². The monoisotopic (exact) mass is 345 g/mol. The summed E-state index contributed by atoms with van der Waals surface area (Å²) in [6.45, 7) is 4.17. The highest BCUT2D eigenvalue weighted by atomic mass is 32.1. The van der Waals surface area contributed by atoms with Crippen LogP contribution in [-0.2, 0) is 6.42 Å². The van der Waals surface area contributed by atoms with Gasteiger partial charge in [-0.3, -0.25) is 0 Å². The zero-order valence-electron chi connectivity index (χ0n) is 14.3. The lowest BCUT2D eigenvalue weighted by Gasteiger charge is -2.04. The Labute approximate surface area is 152 Å². The lowest BCUT2D eigenvalue weighted by Crippen LogP contribution is -1.93. The molecule has 0 saturated heterocycles. The summed E-state index contributed by atoms with van der Waals surface area (Å²) < 4.78 is 0. The molecule has 3 nitrogen and oxygen atoms in total. The van der Waals surface area contributed by atoms with Crippen LogP contribution in [0.5, 0.6) is 0 Å². The first-order chi connectivity index (χ1) is 12.2. The first-order valence-corrected chi connectivity index (χ1v) is 9.07. The van der Waals surface area contributed by atoms with Crippen molar-refractivity contribution in [3.05, 3.63) is 76.2 Å². The molecular formula is C21H19N3S. The Balaban J connectivity index is 1.82. The van der Waals surface area contributed by atoms with Crippen LogP contribution in [0.1, 0.15) is 23.1 Å². The van der Waals surface area contributed by atoms with Gasteiger partial charge in [-0.15, -0.1) is 11.3 Å². The van der Waals surface area contributed by atoms with Gasteiger partial charge in [0, 0.05) is 22.8 Å². The fourth-order valence-corrected chi connectivity index (χ4v) is 3.26. The lowest BCUT2D eigenvalue weighted by atomic mass is 10.1. The molecule has 25 heavy (non-hydrogen) atoms. The average molecular weight is 345 g/mol. The number of hydrogen-bond donors (Lipinski definition) is 1. The van der Waals surface area contributed by atoms with Crippen LogP contribution in [0.4, 0.5) is 5.69 Å². The zero-order chi connectivity index (χ0) is 17.6. The molecule has 0 bridgehead atoms. The van der Waals surface area contributed by atoms with E-state index in [4.69, 9.17) is 0 Å². The molecule has 0 aliphatic rings. The van der Waals surface area contributed by atoms with Crippen LogP contribution < -0.4 is 5.32 Å². The van der Waals surface area contributed by atoms with Gasteiger partial charge in [0.15, 0.2) is 0 Å². The molecule has 0 unspecified atom stereocenters. The minimum Gasteiger partial charge on any atom is -0.360 e. The molecule has 1 aromatic heterocycles. The quantitative estimate of drug-likeness (QED) is 0.607. The Hall–Kier alpha value is -2.90. The third-order valence-electron chi connectivity index (χ3n) is 4.03. The molecule has 1 heterocycles. The van der Waals surface area contributed by atoms with Gasteiger partial charge in [-0.05, 0) is 30.5 Å². The molecule has 0 atom stereocenters. The molecule has 3 rings (SSSR count). The predicted molar refractivity (Wildman–Crippen MR) is 105 cm³/mol. The van der Waals surface area contributed by atoms with Crippen molar-refractivity contribution in [2.45, 2.75) is 20.3 Å². The molecule has 0 spiro atoms. The van der Waals surface area contributed by atoms with Crippen molar-refractivity contribution >= 4 is 22.6 Å². The summed E-state index contributed by atoms with van der Waals surface area (Å²) in [5.41, 5.74) is 5.93. The van der Waals surface area contributed by atoms with Crippen LogP contribution in [0.2, 0.25) is 0 Å². The summed E-state index contributed by atoms with van der Waals surface area (Å²) >= 11 is 1.48. The normalized spacial score (nSPS) is 11.2. The highest BCUT2D eigenvalue weighted by Crippen LogP contribution is 2.26. The molecule has 0 amide bonds. The number of allylic oxidation sites excluding steroid dienone is 1. The largest absolute Gasteiger partial charge is 0.360 e. The van der Waals surface area contributed by atoms with E-state index in [0.29, 0.717) is 5.57 Å². The Bertz CT molecular complexity index is 930. The van der Waals surface area contributed by atoms with Crippen LogP contribution >= 0.6 is 11.3 Å². The molecule has 0 saturated carbocycles. The van der Waals surface area contributed by atoms with Gasteiger partial charge in [0.25, 0.3) is 0 Å². The number of benzene rings is 2. The second kappa shape index (κ2) is 7.78. The topological polar surface area (TPSA) is 48.7 Å². The van der Waals surface area contributed by atoms with E-state index < -0.39 is 0 Å². The van der Waals surface area contributed by atoms with Gasteiger partial charge in [0.1, 0.15) is 16.6 Å². The summed E-state index contributed by atoms with van der Waals surface area (Å²) in [4.78, 5) is 4.63. The molecule has 0 radical (unpaired) electrons. The molecular weight excluding hydrogens is 326 g/mol. The second-order valence-electron chi connectivity index (χ2n) is 5.72. The molecule has 124 valence electrons. The molecule has 3 aromatic rings. The van der Waals surface area contributed by atoms with Crippen molar-refractivity contribution in [2.24, 2.45) is 0 Å². The Morgan fingerprint density at radius 1 is 1.20 bits per heavy atom. The number of para-hydroxylation sites is 1. The van der Waals surface area contributed by atoms with Gasteiger partial charge in [0.2, 0.25) is 0 Å². The number of nitrogens with one attached hydrogen (secondary N) is 1. The van der Waals surface area contributed by atoms with E-state index in [2.05, 4.69) is 47.6 Å². The van der Waals surface area contributed by atoms with E-state index >= 15 is 0 Å². The van der Waals surface area contributed by atoms with E-state index in [9.17, 15) is 5.26 Å². The van der Waals surface area contributed by atoms with Crippen molar-refractivity contribution in [1.29, 1.82) is 5.26 Å². The minimum absolute atomic E-state index is 0.532. The number of nitrogens with zero attached hydrogens (tertiary/aromatic N) is 2. The van der Waals surface area contributed by atoms with Gasteiger partial charge in [0.05, 0.1) is 5.69 Å². The van der Waals surface area contributed by atoms with Gasteiger partial charge in [-0.1, -0.05) is 49.4 Å². The second-order valence-corrected chi connectivity index (χ2v) is 6.58. The minimum atomic E-state index is 0.532. The number of aryl methyl sites for hydroxylation is 2. The fraction of sp³-hybridized carbons (Fsp3) is 0.143. The van der Waals surface area contributed by atoms with Crippen LogP contribution in [0, 0.1) is 18.3 Å². The van der Waals surface area contributed by atoms with Crippen molar-refractivity contribution < 1.29 is 0 Å². The Kier molecular flexibility index (Phi) is 5.27. The third kappa shape index (κ3) is 3.96. The Morgan fingerprint density at radius 3 is 2.64 bits per heavy atom. The van der Waals surface area contributed by atoms with Crippen LogP contribution in [0.15, 0.2) is 60.1 Å². The summed E-state index contributed by atoms with van der Waals surface area (Å²) in [5.74, 6) is 0. The van der Waals surface area contributed by atoms with Crippen molar-refractivity contribution in [3.63, 3.8) is 0 Å². The fourth-order valence-electron chi connectivity index (χ4n) is 2.47.